The lowest BCUT2D eigenvalue weighted by molar-refractivity contribution is -0.139. The fraction of sp³-hybridized carbons (Fsp3) is 0.222. The summed E-state index contributed by atoms with van der Waals surface area (Å²) in [6, 6.07) is 13.1. The van der Waals surface area contributed by atoms with Crippen molar-refractivity contribution in [2.24, 2.45) is 4.99 Å². The number of carbonyl (C=O) groups excluding carboxylic acids is 3. The Morgan fingerprint density at radius 1 is 1.03 bits per heavy atom. The first-order chi connectivity index (χ1) is 17.7. The van der Waals surface area contributed by atoms with Gasteiger partial charge in [-0.15, -0.1) is 0 Å². The second-order valence-corrected chi connectivity index (χ2v) is 9.12. The first-order valence-electron chi connectivity index (χ1n) is 11.4. The minimum absolute atomic E-state index is 0.0480. The van der Waals surface area contributed by atoms with E-state index in [1.807, 2.05) is 30.3 Å². The molecule has 1 unspecified atom stereocenters. The lowest BCUT2D eigenvalue weighted by Gasteiger charge is -2.24. The topological polar surface area (TPSA) is 113 Å². The van der Waals surface area contributed by atoms with Crippen LogP contribution in [0.5, 0.6) is 11.5 Å². The number of benzene rings is 2. The molecular weight excluding hydrogens is 496 g/mol. The molecule has 10 heteroatoms. The van der Waals surface area contributed by atoms with Crippen LogP contribution in [0.25, 0.3) is 6.08 Å². The third-order valence-corrected chi connectivity index (χ3v) is 6.39. The number of allylic oxidation sites excluding steroid dienone is 1. The molecule has 0 fully saturated rings. The first-order valence-corrected chi connectivity index (χ1v) is 12.3. The number of ether oxygens (including phenoxy) is 3. The quantitative estimate of drug-likeness (QED) is 0.363. The molecule has 0 aliphatic carbocycles. The van der Waals surface area contributed by atoms with Crippen molar-refractivity contribution in [2.75, 3.05) is 6.61 Å². The summed E-state index contributed by atoms with van der Waals surface area (Å²) in [5, 5.41) is 0. The highest BCUT2D eigenvalue weighted by Crippen LogP contribution is 2.31. The highest BCUT2D eigenvalue weighted by Gasteiger charge is 2.33. The van der Waals surface area contributed by atoms with Gasteiger partial charge in [0.05, 0.1) is 28.5 Å². The Labute approximate surface area is 215 Å². The summed E-state index contributed by atoms with van der Waals surface area (Å²) < 4.78 is 17.4. The van der Waals surface area contributed by atoms with Gasteiger partial charge in [0.1, 0.15) is 0 Å². The van der Waals surface area contributed by atoms with Gasteiger partial charge in [-0.05, 0) is 43.2 Å². The molecule has 0 saturated heterocycles. The number of carbonyl (C=O) groups is 3. The van der Waals surface area contributed by atoms with Gasteiger partial charge in [-0.1, -0.05) is 47.7 Å². The molecule has 0 bridgehead atoms. The molecule has 1 atom stereocenters. The van der Waals surface area contributed by atoms with E-state index < -0.39 is 23.9 Å². The van der Waals surface area contributed by atoms with Crippen molar-refractivity contribution in [1.29, 1.82) is 0 Å². The van der Waals surface area contributed by atoms with Gasteiger partial charge in [0, 0.05) is 13.8 Å². The second-order valence-electron chi connectivity index (χ2n) is 8.11. The van der Waals surface area contributed by atoms with Crippen LogP contribution in [0.1, 0.15) is 44.9 Å². The Hall–Kier alpha value is -4.31. The lowest BCUT2D eigenvalue weighted by Crippen LogP contribution is -2.39. The Bertz CT molecular complexity index is 1600. The Morgan fingerprint density at radius 2 is 1.70 bits per heavy atom. The zero-order valence-corrected chi connectivity index (χ0v) is 21.5. The number of nitrogens with zero attached hydrogens (tertiary/aromatic N) is 2. The Balaban J connectivity index is 1.88. The summed E-state index contributed by atoms with van der Waals surface area (Å²) in [5.74, 6) is -1.55. The predicted molar refractivity (Wildman–Crippen MR) is 136 cm³/mol. The maximum Gasteiger partial charge on any atom is 0.338 e. The van der Waals surface area contributed by atoms with E-state index in [4.69, 9.17) is 14.2 Å². The van der Waals surface area contributed by atoms with Gasteiger partial charge in [-0.2, -0.15) is 0 Å². The van der Waals surface area contributed by atoms with E-state index in [0.29, 0.717) is 26.2 Å². The van der Waals surface area contributed by atoms with E-state index in [1.165, 1.54) is 41.9 Å². The Morgan fingerprint density at radius 3 is 2.35 bits per heavy atom. The zero-order valence-electron chi connectivity index (χ0n) is 20.6. The van der Waals surface area contributed by atoms with E-state index in [1.54, 1.807) is 26.0 Å². The fourth-order valence-electron chi connectivity index (χ4n) is 3.98. The molecule has 4 rings (SSSR count). The van der Waals surface area contributed by atoms with E-state index in [9.17, 15) is 19.2 Å². The van der Waals surface area contributed by atoms with E-state index in [-0.39, 0.29) is 23.7 Å². The monoisotopic (exact) mass is 520 g/mol. The number of hydrogen-bond acceptors (Lipinski definition) is 9. The summed E-state index contributed by atoms with van der Waals surface area (Å²) in [5.41, 5.74) is 1.72. The second kappa shape index (κ2) is 10.8. The van der Waals surface area contributed by atoms with Gasteiger partial charge in [0.25, 0.3) is 5.56 Å². The van der Waals surface area contributed by atoms with Crippen LogP contribution in [0.2, 0.25) is 0 Å². The van der Waals surface area contributed by atoms with Crippen molar-refractivity contribution in [3.8, 4) is 11.5 Å². The first kappa shape index (κ1) is 25.8. The van der Waals surface area contributed by atoms with Gasteiger partial charge in [-0.25, -0.2) is 9.79 Å². The fourth-order valence-corrected chi connectivity index (χ4v) is 5.03. The van der Waals surface area contributed by atoms with E-state index in [0.717, 1.165) is 5.56 Å². The molecule has 0 spiro atoms. The summed E-state index contributed by atoms with van der Waals surface area (Å²) in [6.07, 6.45) is 1.62. The highest BCUT2D eigenvalue weighted by atomic mass is 32.1. The van der Waals surface area contributed by atoms with Gasteiger partial charge in [0.2, 0.25) is 0 Å². The minimum Gasteiger partial charge on any atom is -0.463 e. The molecular formula is C27H24N2O7S. The third kappa shape index (κ3) is 5.44. The smallest absolute Gasteiger partial charge is 0.338 e. The van der Waals surface area contributed by atoms with Crippen molar-refractivity contribution in [1.82, 2.24) is 4.57 Å². The molecule has 3 aromatic rings. The minimum atomic E-state index is -0.707. The molecule has 1 aromatic heterocycles. The van der Waals surface area contributed by atoms with Crippen molar-refractivity contribution in [3.05, 3.63) is 90.6 Å². The van der Waals surface area contributed by atoms with Crippen LogP contribution in [-0.4, -0.2) is 29.1 Å². The lowest BCUT2D eigenvalue weighted by atomic mass is 9.96. The largest absolute Gasteiger partial charge is 0.463 e. The molecule has 2 heterocycles. The number of esters is 3. The van der Waals surface area contributed by atoms with Crippen LogP contribution in [0, 0.1) is 0 Å². The molecule has 0 saturated carbocycles. The Kier molecular flexibility index (Phi) is 7.49. The van der Waals surface area contributed by atoms with Crippen LogP contribution in [0.3, 0.4) is 0 Å². The molecule has 1 aliphatic rings. The van der Waals surface area contributed by atoms with Crippen molar-refractivity contribution < 1.29 is 28.6 Å². The molecule has 190 valence electrons. The standard InChI is InChI=1S/C27H24N2O7S/c1-5-34-26(33)23-15(2)28-27-29(24(23)19-9-7-6-8-10-19)25(32)22(37-27)14-18-11-12-20(35-16(3)30)21(13-18)36-17(4)31/h6-14,24H,5H2,1-4H3/b22-14-. The molecule has 37 heavy (non-hydrogen) atoms. The van der Waals surface area contributed by atoms with E-state index in [2.05, 4.69) is 4.99 Å². The molecule has 0 amide bonds. The number of aromatic nitrogens is 1. The molecule has 2 aromatic carbocycles. The van der Waals surface area contributed by atoms with Gasteiger partial charge < -0.3 is 14.2 Å². The maximum absolute atomic E-state index is 13.7. The normalized spacial score (nSPS) is 15.0. The van der Waals surface area contributed by atoms with Crippen LogP contribution >= 0.6 is 11.3 Å². The summed E-state index contributed by atoms with van der Waals surface area (Å²) >= 11 is 1.17. The molecule has 0 N–H and O–H groups in total. The van der Waals surface area contributed by atoms with Crippen molar-refractivity contribution in [2.45, 2.75) is 33.7 Å². The zero-order chi connectivity index (χ0) is 26.7. The highest BCUT2D eigenvalue weighted by molar-refractivity contribution is 7.07. The summed E-state index contributed by atoms with van der Waals surface area (Å²) in [6.45, 7) is 6.10. The maximum atomic E-state index is 13.7. The molecule has 9 nitrogen and oxygen atoms in total. The summed E-state index contributed by atoms with van der Waals surface area (Å²) in [7, 11) is 0. The average molecular weight is 521 g/mol. The number of fused-ring (bicyclic) bond motifs is 1. The number of thiazole rings is 1. The average Bonchev–Trinajstić information content (AvgIpc) is 3.14. The third-order valence-electron chi connectivity index (χ3n) is 5.41. The van der Waals surface area contributed by atoms with Gasteiger partial charge in [0.15, 0.2) is 16.3 Å². The van der Waals surface area contributed by atoms with Crippen LogP contribution in [0.4, 0.5) is 0 Å². The number of hydrogen-bond donors (Lipinski definition) is 0. The summed E-state index contributed by atoms with van der Waals surface area (Å²) in [4.78, 5) is 54.5. The van der Waals surface area contributed by atoms with Crippen LogP contribution in [-0.2, 0) is 19.1 Å². The predicted octanol–water partition coefficient (Wildman–Crippen LogP) is 2.65. The van der Waals surface area contributed by atoms with Crippen LogP contribution in [0.15, 0.2) is 69.6 Å². The van der Waals surface area contributed by atoms with E-state index >= 15 is 0 Å². The molecule has 0 radical (unpaired) electrons. The van der Waals surface area contributed by atoms with Crippen molar-refractivity contribution >= 4 is 35.3 Å². The van der Waals surface area contributed by atoms with Gasteiger partial charge in [-0.3, -0.25) is 19.0 Å². The number of rotatable bonds is 6. The molecule has 1 aliphatic heterocycles. The van der Waals surface area contributed by atoms with Gasteiger partial charge >= 0.3 is 17.9 Å². The SMILES string of the molecule is CCOC(=O)C1=C(C)N=c2s/c(=C\c3ccc(OC(C)=O)c(OC(C)=O)c3)c(=O)n2C1c1ccccc1. The van der Waals surface area contributed by atoms with Crippen molar-refractivity contribution in [3.63, 3.8) is 0 Å². The van der Waals surface area contributed by atoms with Crippen LogP contribution < -0.4 is 24.4 Å².